The third-order valence-corrected chi connectivity index (χ3v) is 3.43. The SMILES string of the molecule is Cc1ccc(-n2nc(-c3cccc([N+](=O)[O-])c3)ccc2=O)cc1. The van der Waals surface area contributed by atoms with E-state index < -0.39 is 4.92 Å². The van der Waals surface area contributed by atoms with Crippen molar-refractivity contribution in [3.8, 4) is 16.9 Å². The molecule has 6 nitrogen and oxygen atoms in total. The molecule has 0 saturated heterocycles. The van der Waals surface area contributed by atoms with Gasteiger partial charge in [-0.05, 0) is 25.1 Å². The number of benzene rings is 2. The van der Waals surface area contributed by atoms with Crippen LogP contribution in [0.3, 0.4) is 0 Å². The molecule has 0 N–H and O–H groups in total. The molecule has 114 valence electrons. The van der Waals surface area contributed by atoms with Crippen LogP contribution in [0.2, 0.25) is 0 Å². The number of hydrogen-bond donors (Lipinski definition) is 0. The van der Waals surface area contributed by atoms with Crippen LogP contribution >= 0.6 is 0 Å². The number of rotatable bonds is 3. The van der Waals surface area contributed by atoms with Crippen LogP contribution in [-0.4, -0.2) is 14.7 Å². The smallest absolute Gasteiger partial charge is 0.267 e. The van der Waals surface area contributed by atoms with E-state index >= 15 is 0 Å². The molecule has 0 fully saturated rings. The minimum absolute atomic E-state index is 0.0163. The van der Waals surface area contributed by atoms with Gasteiger partial charge in [0.2, 0.25) is 0 Å². The van der Waals surface area contributed by atoms with Gasteiger partial charge in [0.05, 0.1) is 16.3 Å². The van der Waals surface area contributed by atoms with Gasteiger partial charge < -0.3 is 0 Å². The van der Waals surface area contributed by atoms with E-state index in [0.717, 1.165) is 5.56 Å². The highest BCUT2D eigenvalue weighted by Crippen LogP contribution is 2.21. The second-order valence-corrected chi connectivity index (χ2v) is 5.11. The van der Waals surface area contributed by atoms with Crippen molar-refractivity contribution in [1.29, 1.82) is 0 Å². The normalized spacial score (nSPS) is 10.5. The molecule has 0 bridgehead atoms. The Morgan fingerprint density at radius 2 is 1.78 bits per heavy atom. The van der Waals surface area contributed by atoms with E-state index in [0.29, 0.717) is 16.9 Å². The Balaban J connectivity index is 2.10. The van der Waals surface area contributed by atoms with Crippen LogP contribution in [0.5, 0.6) is 0 Å². The van der Waals surface area contributed by atoms with Crippen LogP contribution in [0.25, 0.3) is 16.9 Å². The summed E-state index contributed by atoms with van der Waals surface area (Å²) in [6.07, 6.45) is 0. The van der Waals surface area contributed by atoms with E-state index in [4.69, 9.17) is 0 Å². The Kier molecular flexibility index (Phi) is 3.72. The van der Waals surface area contributed by atoms with Crippen molar-refractivity contribution in [2.24, 2.45) is 0 Å². The van der Waals surface area contributed by atoms with E-state index in [1.54, 1.807) is 30.3 Å². The molecule has 3 rings (SSSR count). The van der Waals surface area contributed by atoms with Crippen LogP contribution in [0, 0.1) is 17.0 Å². The van der Waals surface area contributed by atoms with E-state index in [1.165, 1.54) is 22.9 Å². The molecular weight excluding hydrogens is 294 g/mol. The Morgan fingerprint density at radius 1 is 1.04 bits per heavy atom. The minimum Gasteiger partial charge on any atom is -0.267 e. The third-order valence-electron chi connectivity index (χ3n) is 3.43. The van der Waals surface area contributed by atoms with Gasteiger partial charge >= 0.3 is 0 Å². The summed E-state index contributed by atoms with van der Waals surface area (Å²) < 4.78 is 1.29. The van der Waals surface area contributed by atoms with Crippen molar-refractivity contribution >= 4 is 5.69 Å². The Hall–Kier alpha value is -3.28. The van der Waals surface area contributed by atoms with Crippen molar-refractivity contribution in [3.63, 3.8) is 0 Å². The predicted molar refractivity (Wildman–Crippen MR) is 86.7 cm³/mol. The molecule has 0 saturated carbocycles. The predicted octanol–water partition coefficient (Wildman–Crippen LogP) is 3.12. The molecule has 0 amide bonds. The quantitative estimate of drug-likeness (QED) is 0.550. The number of aromatic nitrogens is 2. The lowest BCUT2D eigenvalue weighted by atomic mass is 10.1. The zero-order valence-electron chi connectivity index (χ0n) is 12.3. The molecule has 0 aliphatic rings. The highest BCUT2D eigenvalue weighted by atomic mass is 16.6. The van der Waals surface area contributed by atoms with Crippen LogP contribution in [0.1, 0.15) is 5.56 Å². The van der Waals surface area contributed by atoms with Gasteiger partial charge in [0.15, 0.2) is 0 Å². The molecule has 0 spiro atoms. The van der Waals surface area contributed by atoms with Gasteiger partial charge in [0, 0.05) is 23.8 Å². The molecule has 6 heteroatoms. The van der Waals surface area contributed by atoms with Crippen LogP contribution in [0.4, 0.5) is 5.69 Å². The maximum Gasteiger partial charge on any atom is 0.271 e. The number of hydrogen-bond acceptors (Lipinski definition) is 4. The summed E-state index contributed by atoms with van der Waals surface area (Å²) in [7, 11) is 0. The zero-order valence-corrected chi connectivity index (χ0v) is 12.3. The first-order valence-electron chi connectivity index (χ1n) is 6.97. The molecule has 23 heavy (non-hydrogen) atoms. The number of nitro groups is 1. The van der Waals surface area contributed by atoms with Gasteiger partial charge in [-0.1, -0.05) is 29.8 Å². The molecule has 3 aromatic rings. The monoisotopic (exact) mass is 307 g/mol. The van der Waals surface area contributed by atoms with Crippen LogP contribution in [-0.2, 0) is 0 Å². The highest BCUT2D eigenvalue weighted by Gasteiger charge is 2.10. The number of aryl methyl sites for hydroxylation is 1. The summed E-state index contributed by atoms with van der Waals surface area (Å²) >= 11 is 0. The van der Waals surface area contributed by atoms with E-state index in [2.05, 4.69) is 5.10 Å². The molecule has 0 radical (unpaired) electrons. The van der Waals surface area contributed by atoms with Gasteiger partial charge in [-0.3, -0.25) is 14.9 Å². The second kappa shape index (κ2) is 5.84. The largest absolute Gasteiger partial charge is 0.271 e. The van der Waals surface area contributed by atoms with Gasteiger partial charge in [-0.25, -0.2) is 0 Å². The third kappa shape index (κ3) is 3.01. The van der Waals surface area contributed by atoms with E-state index in [-0.39, 0.29) is 11.2 Å². The summed E-state index contributed by atoms with van der Waals surface area (Å²) in [5, 5.41) is 15.2. The second-order valence-electron chi connectivity index (χ2n) is 5.11. The fraction of sp³-hybridized carbons (Fsp3) is 0.0588. The Labute approximate surface area is 131 Å². The van der Waals surface area contributed by atoms with E-state index in [9.17, 15) is 14.9 Å². The van der Waals surface area contributed by atoms with E-state index in [1.807, 2.05) is 19.1 Å². The molecule has 1 heterocycles. The van der Waals surface area contributed by atoms with Gasteiger partial charge in [0.25, 0.3) is 11.2 Å². The standard InChI is InChI=1S/C17H13N3O3/c1-12-5-7-14(8-6-12)19-17(21)10-9-16(18-19)13-3-2-4-15(11-13)20(22)23/h2-11H,1H3. The fourth-order valence-electron chi connectivity index (χ4n) is 2.21. The minimum atomic E-state index is -0.459. The highest BCUT2D eigenvalue weighted by molar-refractivity contribution is 5.62. The zero-order chi connectivity index (χ0) is 16.4. The van der Waals surface area contributed by atoms with Crippen molar-refractivity contribution in [2.75, 3.05) is 0 Å². The topological polar surface area (TPSA) is 78.0 Å². The van der Waals surface area contributed by atoms with Crippen molar-refractivity contribution < 1.29 is 4.92 Å². The molecule has 0 aliphatic carbocycles. The van der Waals surface area contributed by atoms with Crippen LogP contribution < -0.4 is 5.56 Å². The molecule has 0 unspecified atom stereocenters. The van der Waals surface area contributed by atoms with Crippen molar-refractivity contribution in [2.45, 2.75) is 6.92 Å². The Bertz CT molecular complexity index is 930. The summed E-state index contributed by atoms with van der Waals surface area (Å²) in [6.45, 7) is 1.96. The molecule has 2 aromatic carbocycles. The first-order chi connectivity index (χ1) is 11.0. The number of non-ortho nitro benzene ring substituents is 1. The molecule has 0 aliphatic heterocycles. The Morgan fingerprint density at radius 3 is 2.48 bits per heavy atom. The fourth-order valence-corrected chi connectivity index (χ4v) is 2.21. The number of nitro benzene ring substituents is 1. The lowest BCUT2D eigenvalue weighted by Gasteiger charge is -2.07. The van der Waals surface area contributed by atoms with Gasteiger partial charge in [-0.15, -0.1) is 0 Å². The molecule has 0 atom stereocenters. The number of nitrogens with zero attached hydrogens (tertiary/aromatic N) is 3. The first-order valence-corrected chi connectivity index (χ1v) is 6.97. The molecular formula is C17H13N3O3. The summed E-state index contributed by atoms with van der Waals surface area (Å²) in [5.41, 5.74) is 2.53. The van der Waals surface area contributed by atoms with Gasteiger partial charge in [-0.2, -0.15) is 9.78 Å². The van der Waals surface area contributed by atoms with Crippen LogP contribution in [0.15, 0.2) is 65.5 Å². The summed E-state index contributed by atoms with van der Waals surface area (Å²) in [5.74, 6) is 0. The maximum absolute atomic E-state index is 12.1. The van der Waals surface area contributed by atoms with Gasteiger partial charge in [0.1, 0.15) is 0 Å². The summed E-state index contributed by atoms with van der Waals surface area (Å²) in [4.78, 5) is 22.5. The summed E-state index contributed by atoms with van der Waals surface area (Å²) in [6, 6.07) is 16.5. The molecule has 1 aromatic heterocycles. The first kappa shape index (κ1) is 14.6. The average molecular weight is 307 g/mol. The average Bonchev–Trinajstić information content (AvgIpc) is 2.56. The lowest BCUT2D eigenvalue weighted by molar-refractivity contribution is -0.384. The lowest BCUT2D eigenvalue weighted by Crippen LogP contribution is -2.20. The maximum atomic E-state index is 12.1. The van der Waals surface area contributed by atoms with Crippen molar-refractivity contribution in [1.82, 2.24) is 9.78 Å². The van der Waals surface area contributed by atoms with Crippen molar-refractivity contribution in [3.05, 3.63) is 86.7 Å².